The van der Waals surface area contributed by atoms with Gasteiger partial charge in [-0.3, -0.25) is 0 Å². The molecule has 2 fully saturated rings. The van der Waals surface area contributed by atoms with Gasteiger partial charge in [0.2, 0.25) is 0 Å². The first-order valence-electron chi connectivity index (χ1n) is 5.91. The van der Waals surface area contributed by atoms with E-state index in [2.05, 4.69) is 15.2 Å². The molecule has 0 bridgehead atoms. The van der Waals surface area contributed by atoms with Crippen molar-refractivity contribution in [1.82, 2.24) is 10.3 Å². The molecule has 5 heteroatoms. The molecular weight excluding hydrogens is 222 g/mol. The van der Waals surface area contributed by atoms with Crippen LogP contribution in [0.5, 0.6) is 0 Å². The monoisotopic (exact) mass is 239 g/mol. The van der Waals surface area contributed by atoms with E-state index in [4.69, 9.17) is 4.74 Å². The number of nitrogens with zero attached hydrogens (tertiary/aromatic N) is 2. The van der Waals surface area contributed by atoms with Crippen LogP contribution in [0.3, 0.4) is 0 Å². The van der Waals surface area contributed by atoms with E-state index in [1.165, 1.54) is 12.8 Å². The van der Waals surface area contributed by atoms with Gasteiger partial charge in [-0.1, -0.05) is 0 Å². The molecule has 0 amide bonds. The summed E-state index contributed by atoms with van der Waals surface area (Å²) in [7, 11) is 0. The lowest BCUT2D eigenvalue weighted by Crippen LogP contribution is -2.50. The zero-order valence-corrected chi connectivity index (χ0v) is 10.1. The molecule has 1 N–H and O–H groups in total. The molecule has 0 aromatic carbocycles. The van der Waals surface area contributed by atoms with E-state index in [9.17, 15) is 0 Å². The highest BCUT2D eigenvalue weighted by atomic mass is 32.1. The highest BCUT2D eigenvalue weighted by Gasteiger charge is 2.27. The van der Waals surface area contributed by atoms with Crippen molar-refractivity contribution in [3.8, 4) is 0 Å². The Hall–Kier alpha value is -0.650. The van der Waals surface area contributed by atoms with Gasteiger partial charge in [0, 0.05) is 30.7 Å². The van der Waals surface area contributed by atoms with Crippen molar-refractivity contribution in [1.29, 1.82) is 0 Å². The Balaban J connectivity index is 1.63. The zero-order chi connectivity index (χ0) is 10.8. The predicted octanol–water partition coefficient (Wildman–Crippen LogP) is 1.10. The summed E-state index contributed by atoms with van der Waals surface area (Å²) in [5.74, 6) is 0. The molecule has 1 aliphatic carbocycles. The van der Waals surface area contributed by atoms with E-state index >= 15 is 0 Å². The number of nitrogens with one attached hydrogen (secondary N) is 1. The molecule has 3 rings (SSSR count). The summed E-state index contributed by atoms with van der Waals surface area (Å²) in [5.41, 5.74) is 0. The van der Waals surface area contributed by atoms with Gasteiger partial charge in [0.25, 0.3) is 0 Å². The van der Waals surface area contributed by atoms with Gasteiger partial charge in [-0.25, -0.2) is 4.98 Å². The van der Waals surface area contributed by atoms with Crippen LogP contribution in [0.25, 0.3) is 0 Å². The molecular formula is C11H17N3OS. The molecule has 2 aliphatic rings. The van der Waals surface area contributed by atoms with Gasteiger partial charge in [0.1, 0.15) is 0 Å². The van der Waals surface area contributed by atoms with Crippen molar-refractivity contribution >= 4 is 16.5 Å². The fraction of sp³-hybridized carbons (Fsp3) is 0.727. The fourth-order valence-electron chi connectivity index (χ4n) is 2.02. The Bertz CT molecular complexity index is 326. The molecule has 1 aromatic rings. The average molecular weight is 239 g/mol. The molecule has 0 spiro atoms. The Morgan fingerprint density at radius 3 is 3.25 bits per heavy atom. The Labute approximate surface area is 99.6 Å². The number of hydrogen-bond donors (Lipinski definition) is 1. The van der Waals surface area contributed by atoms with Gasteiger partial charge in [0.05, 0.1) is 19.3 Å². The minimum absolute atomic E-state index is 0.445. The van der Waals surface area contributed by atoms with Crippen molar-refractivity contribution in [3.05, 3.63) is 11.6 Å². The van der Waals surface area contributed by atoms with Gasteiger partial charge >= 0.3 is 0 Å². The minimum Gasteiger partial charge on any atom is -0.377 e. The standard InChI is InChI=1S/C11H17N3OS/c1-2-9(1)13-7-10-8-15-5-4-14(10)11-12-3-6-16-11/h3,6,9-10,13H,1-2,4-5,7-8H2. The largest absolute Gasteiger partial charge is 0.377 e. The molecule has 1 saturated carbocycles. The van der Waals surface area contributed by atoms with Gasteiger partial charge in [-0.15, -0.1) is 11.3 Å². The molecule has 2 heterocycles. The van der Waals surface area contributed by atoms with E-state index in [0.29, 0.717) is 6.04 Å². The maximum atomic E-state index is 5.56. The van der Waals surface area contributed by atoms with Gasteiger partial charge in [-0.2, -0.15) is 0 Å². The minimum atomic E-state index is 0.445. The molecule has 1 aromatic heterocycles. The van der Waals surface area contributed by atoms with E-state index in [1.807, 2.05) is 11.6 Å². The van der Waals surface area contributed by atoms with Gasteiger partial charge in [0.15, 0.2) is 5.13 Å². The number of thiazole rings is 1. The van der Waals surface area contributed by atoms with Gasteiger partial charge < -0.3 is 15.0 Å². The number of rotatable bonds is 4. The quantitative estimate of drug-likeness (QED) is 0.854. The first-order chi connectivity index (χ1) is 7.93. The molecule has 1 saturated heterocycles. The summed E-state index contributed by atoms with van der Waals surface area (Å²) in [6, 6.07) is 1.21. The summed E-state index contributed by atoms with van der Waals surface area (Å²) in [6.07, 6.45) is 4.55. The smallest absolute Gasteiger partial charge is 0.185 e. The zero-order valence-electron chi connectivity index (χ0n) is 9.26. The summed E-state index contributed by atoms with van der Waals surface area (Å²) in [6.45, 7) is 3.62. The summed E-state index contributed by atoms with van der Waals surface area (Å²) in [5, 5.41) is 6.74. The third-order valence-electron chi connectivity index (χ3n) is 3.11. The van der Waals surface area contributed by atoms with Crippen LogP contribution < -0.4 is 10.2 Å². The van der Waals surface area contributed by atoms with E-state index in [-0.39, 0.29) is 0 Å². The summed E-state index contributed by atoms with van der Waals surface area (Å²) >= 11 is 1.71. The van der Waals surface area contributed by atoms with E-state index < -0.39 is 0 Å². The van der Waals surface area contributed by atoms with Crippen LogP contribution in [0.1, 0.15) is 12.8 Å². The molecule has 88 valence electrons. The topological polar surface area (TPSA) is 37.4 Å². The summed E-state index contributed by atoms with van der Waals surface area (Å²) < 4.78 is 5.56. The highest BCUT2D eigenvalue weighted by Crippen LogP contribution is 2.23. The van der Waals surface area contributed by atoms with Crippen LogP contribution in [0.4, 0.5) is 5.13 Å². The lowest BCUT2D eigenvalue weighted by molar-refractivity contribution is 0.0936. The lowest BCUT2D eigenvalue weighted by atomic mass is 10.2. The molecule has 4 nitrogen and oxygen atoms in total. The Kier molecular flexibility index (Phi) is 3.08. The third kappa shape index (κ3) is 2.36. The van der Waals surface area contributed by atoms with Crippen LogP contribution in [0.2, 0.25) is 0 Å². The number of anilines is 1. The van der Waals surface area contributed by atoms with E-state index in [1.54, 1.807) is 11.3 Å². The molecule has 1 aliphatic heterocycles. The average Bonchev–Trinajstić information content (AvgIpc) is 3.00. The Morgan fingerprint density at radius 1 is 1.56 bits per heavy atom. The van der Waals surface area contributed by atoms with Crippen molar-refractivity contribution in [2.45, 2.75) is 24.9 Å². The molecule has 1 unspecified atom stereocenters. The number of hydrogen-bond acceptors (Lipinski definition) is 5. The second-order valence-corrected chi connectivity index (χ2v) is 5.29. The van der Waals surface area contributed by atoms with Crippen LogP contribution >= 0.6 is 11.3 Å². The normalized spacial score (nSPS) is 26.0. The number of morpholine rings is 1. The highest BCUT2D eigenvalue weighted by molar-refractivity contribution is 7.13. The van der Waals surface area contributed by atoms with Crippen LogP contribution in [0.15, 0.2) is 11.6 Å². The lowest BCUT2D eigenvalue weighted by Gasteiger charge is -2.35. The third-order valence-corrected chi connectivity index (χ3v) is 3.92. The fourth-order valence-corrected chi connectivity index (χ4v) is 2.76. The van der Waals surface area contributed by atoms with E-state index in [0.717, 1.165) is 37.5 Å². The second-order valence-electron chi connectivity index (χ2n) is 4.42. The van der Waals surface area contributed by atoms with Crippen LogP contribution in [-0.2, 0) is 4.74 Å². The molecule has 16 heavy (non-hydrogen) atoms. The predicted molar refractivity (Wildman–Crippen MR) is 65.1 cm³/mol. The van der Waals surface area contributed by atoms with Crippen LogP contribution in [0, 0.1) is 0 Å². The maximum Gasteiger partial charge on any atom is 0.185 e. The number of ether oxygens (including phenoxy) is 1. The SMILES string of the molecule is c1csc(N2CCOCC2CNC2CC2)n1. The molecule has 1 atom stereocenters. The number of aromatic nitrogens is 1. The van der Waals surface area contributed by atoms with Crippen molar-refractivity contribution in [2.75, 3.05) is 31.2 Å². The van der Waals surface area contributed by atoms with Crippen molar-refractivity contribution in [3.63, 3.8) is 0 Å². The first kappa shape index (κ1) is 10.5. The summed E-state index contributed by atoms with van der Waals surface area (Å²) in [4.78, 5) is 6.77. The van der Waals surface area contributed by atoms with Crippen LogP contribution in [-0.4, -0.2) is 43.4 Å². The second kappa shape index (κ2) is 4.69. The van der Waals surface area contributed by atoms with Crippen molar-refractivity contribution < 1.29 is 4.74 Å². The molecule has 0 radical (unpaired) electrons. The van der Waals surface area contributed by atoms with Crippen molar-refractivity contribution in [2.24, 2.45) is 0 Å². The Morgan fingerprint density at radius 2 is 2.50 bits per heavy atom. The maximum absolute atomic E-state index is 5.56. The van der Waals surface area contributed by atoms with Gasteiger partial charge in [-0.05, 0) is 12.8 Å². The first-order valence-corrected chi connectivity index (χ1v) is 6.79.